The first-order chi connectivity index (χ1) is 13.9. The van der Waals surface area contributed by atoms with E-state index >= 15 is 0 Å². The highest BCUT2D eigenvalue weighted by atomic mass is 16.4. The molecule has 0 spiro atoms. The highest BCUT2D eigenvalue weighted by Crippen LogP contribution is 2.37. The van der Waals surface area contributed by atoms with Crippen molar-refractivity contribution in [3.63, 3.8) is 0 Å². The van der Waals surface area contributed by atoms with Crippen LogP contribution in [0.25, 0.3) is 10.9 Å². The van der Waals surface area contributed by atoms with Crippen LogP contribution in [0.3, 0.4) is 0 Å². The summed E-state index contributed by atoms with van der Waals surface area (Å²) < 4.78 is 1.90. The molecule has 0 aliphatic carbocycles. The van der Waals surface area contributed by atoms with E-state index in [-0.39, 0.29) is 31.8 Å². The monoisotopic (exact) mass is 392 g/mol. The minimum Gasteiger partial charge on any atom is -0.481 e. The number of amides is 1. The molecule has 150 valence electrons. The molecular formula is C23H24N2O4. The number of rotatable bonds is 4. The zero-order valence-corrected chi connectivity index (χ0v) is 16.3. The Kier molecular flexibility index (Phi) is 4.88. The SMILES string of the molecule is Cn1cc(C(=O)N2CC[C@](Cc3ccccc3)(C(=O)O)[C@@H](O)C2)c2ccccc21. The average molecular weight is 392 g/mol. The molecule has 1 aliphatic rings. The molecule has 0 radical (unpaired) electrons. The van der Waals surface area contributed by atoms with Crippen LogP contribution in [0.1, 0.15) is 22.3 Å². The van der Waals surface area contributed by atoms with Crippen molar-refractivity contribution in [3.05, 3.63) is 71.9 Å². The lowest BCUT2D eigenvalue weighted by atomic mass is 9.71. The van der Waals surface area contributed by atoms with E-state index in [1.165, 1.54) is 0 Å². The van der Waals surface area contributed by atoms with Crippen molar-refractivity contribution in [2.45, 2.75) is 18.9 Å². The molecule has 1 aromatic heterocycles. The van der Waals surface area contributed by atoms with Gasteiger partial charge in [0, 0.05) is 37.2 Å². The van der Waals surface area contributed by atoms with Gasteiger partial charge in [-0.2, -0.15) is 0 Å². The number of carbonyl (C=O) groups is 2. The largest absolute Gasteiger partial charge is 0.481 e. The Morgan fingerprint density at radius 3 is 2.48 bits per heavy atom. The number of likely N-dealkylation sites (tertiary alicyclic amines) is 1. The topological polar surface area (TPSA) is 82.8 Å². The minimum absolute atomic E-state index is 0.00118. The van der Waals surface area contributed by atoms with E-state index in [4.69, 9.17) is 0 Å². The van der Waals surface area contributed by atoms with Crippen molar-refractivity contribution in [2.75, 3.05) is 13.1 Å². The zero-order valence-electron chi connectivity index (χ0n) is 16.3. The van der Waals surface area contributed by atoms with Crippen LogP contribution in [-0.4, -0.2) is 50.8 Å². The van der Waals surface area contributed by atoms with E-state index in [0.717, 1.165) is 16.5 Å². The molecule has 2 heterocycles. The average Bonchev–Trinajstić information content (AvgIpc) is 3.06. The Labute approximate surface area is 169 Å². The van der Waals surface area contributed by atoms with E-state index in [9.17, 15) is 19.8 Å². The Hall–Kier alpha value is -3.12. The lowest BCUT2D eigenvalue weighted by molar-refractivity contribution is -0.161. The summed E-state index contributed by atoms with van der Waals surface area (Å²) in [6.45, 7) is 0.291. The van der Waals surface area contributed by atoms with Crippen molar-refractivity contribution in [1.82, 2.24) is 9.47 Å². The van der Waals surface area contributed by atoms with Crippen LogP contribution in [-0.2, 0) is 18.3 Å². The van der Waals surface area contributed by atoms with Crippen LogP contribution in [0, 0.1) is 5.41 Å². The van der Waals surface area contributed by atoms with Gasteiger partial charge >= 0.3 is 5.97 Å². The van der Waals surface area contributed by atoms with Crippen molar-refractivity contribution in [3.8, 4) is 0 Å². The fraction of sp³-hybridized carbons (Fsp3) is 0.304. The number of aliphatic hydroxyl groups is 1. The highest BCUT2D eigenvalue weighted by Gasteiger charge is 2.49. The summed E-state index contributed by atoms with van der Waals surface area (Å²) in [4.78, 5) is 26.9. The maximum absolute atomic E-state index is 13.2. The molecule has 6 heteroatoms. The number of hydrogen-bond acceptors (Lipinski definition) is 3. The molecule has 0 unspecified atom stereocenters. The first-order valence-corrected chi connectivity index (χ1v) is 9.71. The smallest absolute Gasteiger partial charge is 0.312 e. The first-order valence-electron chi connectivity index (χ1n) is 9.71. The Morgan fingerprint density at radius 2 is 1.79 bits per heavy atom. The van der Waals surface area contributed by atoms with E-state index in [0.29, 0.717) is 5.56 Å². The number of benzene rings is 2. The van der Waals surface area contributed by atoms with Crippen LogP contribution < -0.4 is 0 Å². The maximum atomic E-state index is 13.2. The fourth-order valence-electron chi connectivity index (χ4n) is 4.33. The molecule has 0 bridgehead atoms. The maximum Gasteiger partial charge on any atom is 0.312 e. The second-order valence-corrected chi connectivity index (χ2v) is 7.81. The third kappa shape index (κ3) is 3.29. The van der Waals surface area contributed by atoms with Gasteiger partial charge in [-0.1, -0.05) is 48.5 Å². The van der Waals surface area contributed by atoms with Crippen molar-refractivity contribution < 1.29 is 19.8 Å². The predicted octanol–water partition coefficient (Wildman–Crippen LogP) is 2.70. The number of carbonyl (C=O) groups excluding carboxylic acids is 1. The molecule has 0 saturated carbocycles. The van der Waals surface area contributed by atoms with E-state index < -0.39 is 17.5 Å². The summed E-state index contributed by atoms with van der Waals surface area (Å²) in [5, 5.41) is 21.7. The number of fused-ring (bicyclic) bond motifs is 1. The third-order valence-electron chi connectivity index (χ3n) is 6.06. The van der Waals surface area contributed by atoms with Gasteiger partial charge in [-0.25, -0.2) is 0 Å². The molecule has 4 rings (SSSR count). The summed E-state index contributed by atoms with van der Waals surface area (Å²) in [5.74, 6) is -1.20. The van der Waals surface area contributed by atoms with Gasteiger partial charge in [-0.15, -0.1) is 0 Å². The summed E-state index contributed by atoms with van der Waals surface area (Å²) in [6.07, 6.45) is 1.09. The molecule has 1 amide bonds. The van der Waals surface area contributed by atoms with E-state index in [1.807, 2.05) is 66.2 Å². The van der Waals surface area contributed by atoms with Gasteiger partial charge < -0.3 is 19.7 Å². The molecule has 1 fully saturated rings. The van der Waals surface area contributed by atoms with Gasteiger partial charge in [0.1, 0.15) is 5.41 Å². The number of nitrogens with zero attached hydrogens (tertiary/aromatic N) is 2. The van der Waals surface area contributed by atoms with Gasteiger partial charge in [0.2, 0.25) is 0 Å². The van der Waals surface area contributed by atoms with Crippen molar-refractivity contribution >= 4 is 22.8 Å². The molecule has 1 aliphatic heterocycles. The number of β-amino-alcohol motifs (C(OH)–C–C–N with tert-alkyl or cyclic N) is 1. The Bertz CT molecular complexity index is 1060. The zero-order chi connectivity index (χ0) is 20.6. The molecule has 2 atom stereocenters. The number of para-hydroxylation sites is 1. The molecule has 1 saturated heterocycles. The molecule has 29 heavy (non-hydrogen) atoms. The Balaban J connectivity index is 1.59. The minimum atomic E-state index is -1.29. The molecule has 2 aromatic carbocycles. The molecule has 2 N–H and O–H groups in total. The quantitative estimate of drug-likeness (QED) is 0.715. The summed E-state index contributed by atoms with van der Waals surface area (Å²) in [6, 6.07) is 17.0. The van der Waals surface area contributed by atoms with Gasteiger partial charge in [0.15, 0.2) is 0 Å². The number of aromatic nitrogens is 1. The van der Waals surface area contributed by atoms with Gasteiger partial charge in [0.25, 0.3) is 5.91 Å². The number of carboxylic acid groups (broad SMARTS) is 1. The van der Waals surface area contributed by atoms with Gasteiger partial charge in [-0.3, -0.25) is 9.59 Å². The van der Waals surface area contributed by atoms with E-state index in [2.05, 4.69) is 0 Å². The molecule has 6 nitrogen and oxygen atoms in total. The lowest BCUT2D eigenvalue weighted by Crippen LogP contribution is -2.57. The van der Waals surface area contributed by atoms with Crippen LogP contribution >= 0.6 is 0 Å². The van der Waals surface area contributed by atoms with Gasteiger partial charge in [0.05, 0.1) is 11.7 Å². The molecular weight excluding hydrogens is 368 g/mol. The van der Waals surface area contributed by atoms with Crippen LogP contribution in [0.4, 0.5) is 0 Å². The second-order valence-electron chi connectivity index (χ2n) is 7.81. The first kappa shape index (κ1) is 19.2. The normalized spacial score (nSPS) is 22.0. The summed E-state index contributed by atoms with van der Waals surface area (Å²) in [5.41, 5.74) is 1.10. The number of piperidine rings is 1. The number of aliphatic carboxylic acids is 1. The number of carboxylic acids is 1. The summed E-state index contributed by atoms with van der Waals surface area (Å²) in [7, 11) is 1.89. The lowest BCUT2D eigenvalue weighted by Gasteiger charge is -2.42. The highest BCUT2D eigenvalue weighted by molar-refractivity contribution is 6.07. The second kappa shape index (κ2) is 7.37. The number of aliphatic hydroxyl groups excluding tert-OH is 1. The van der Waals surface area contributed by atoms with Crippen molar-refractivity contribution in [2.24, 2.45) is 12.5 Å². The fourth-order valence-corrected chi connectivity index (χ4v) is 4.33. The molecule has 3 aromatic rings. The van der Waals surface area contributed by atoms with E-state index in [1.54, 1.807) is 11.1 Å². The number of hydrogen-bond donors (Lipinski definition) is 2. The van der Waals surface area contributed by atoms with Crippen LogP contribution in [0.15, 0.2) is 60.8 Å². The predicted molar refractivity (Wildman–Crippen MR) is 110 cm³/mol. The number of aryl methyl sites for hydroxylation is 1. The van der Waals surface area contributed by atoms with Crippen molar-refractivity contribution in [1.29, 1.82) is 0 Å². The standard InChI is InChI=1S/C23H24N2O4/c1-24-14-18(17-9-5-6-10-19(17)24)21(27)25-12-11-23(22(28)29,20(26)15-25)13-16-7-3-2-4-8-16/h2-10,14,20,26H,11-13,15H2,1H3,(H,28,29)/t20-,23+/m0/s1. The summed E-state index contributed by atoms with van der Waals surface area (Å²) >= 11 is 0. The van der Waals surface area contributed by atoms with Gasteiger partial charge in [-0.05, 0) is 24.5 Å². The van der Waals surface area contributed by atoms with Crippen LogP contribution in [0.5, 0.6) is 0 Å². The third-order valence-corrected chi connectivity index (χ3v) is 6.06. The van der Waals surface area contributed by atoms with Crippen LogP contribution in [0.2, 0.25) is 0 Å². The Morgan fingerprint density at radius 1 is 1.10 bits per heavy atom.